The lowest BCUT2D eigenvalue weighted by molar-refractivity contribution is 1.12. The van der Waals surface area contributed by atoms with E-state index in [1.54, 1.807) is 18.5 Å². The Morgan fingerprint density at radius 2 is 1.88 bits per heavy atom. The summed E-state index contributed by atoms with van der Waals surface area (Å²) < 4.78 is 0. The second kappa shape index (κ2) is 5.19. The third kappa shape index (κ3) is 3.21. The molecule has 0 aliphatic carbocycles. The number of rotatable bonds is 3. The summed E-state index contributed by atoms with van der Waals surface area (Å²) in [7, 11) is 0. The van der Waals surface area contributed by atoms with Gasteiger partial charge < -0.3 is 5.32 Å². The quantitative estimate of drug-likeness (QED) is 0.887. The summed E-state index contributed by atoms with van der Waals surface area (Å²) in [5.74, 6) is 0. The highest BCUT2D eigenvalue weighted by molar-refractivity contribution is 6.33. The van der Waals surface area contributed by atoms with Gasteiger partial charge in [0.15, 0.2) is 0 Å². The van der Waals surface area contributed by atoms with Gasteiger partial charge in [-0.15, -0.1) is 0 Å². The van der Waals surface area contributed by atoms with Crippen molar-refractivity contribution in [1.82, 2.24) is 4.98 Å². The van der Waals surface area contributed by atoms with Crippen molar-refractivity contribution in [3.8, 4) is 0 Å². The normalized spacial score (nSPS) is 10.3. The summed E-state index contributed by atoms with van der Waals surface area (Å²) in [6, 6.07) is 8.29. The lowest BCUT2D eigenvalue weighted by Crippen LogP contribution is -2.01. The number of nitrogens with zero attached hydrogens (tertiary/aromatic N) is 1. The van der Waals surface area contributed by atoms with Gasteiger partial charge in [-0.3, -0.25) is 4.98 Å². The van der Waals surface area contributed by atoms with Crippen LogP contribution < -0.4 is 5.32 Å². The SMILES string of the molecule is Cc1cc(C)cc(CNc2cnccc2Cl)c1. The largest absolute Gasteiger partial charge is 0.379 e. The van der Waals surface area contributed by atoms with E-state index in [1.807, 2.05) is 0 Å². The maximum atomic E-state index is 6.05. The topological polar surface area (TPSA) is 24.9 Å². The van der Waals surface area contributed by atoms with Crippen molar-refractivity contribution in [2.45, 2.75) is 20.4 Å². The van der Waals surface area contributed by atoms with E-state index in [2.05, 4.69) is 42.3 Å². The van der Waals surface area contributed by atoms with Crippen LogP contribution in [0.2, 0.25) is 5.02 Å². The van der Waals surface area contributed by atoms with Crippen LogP contribution in [0.1, 0.15) is 16.7 Å². The van der Waals surface area contributed by atoms with Crippen LogP contribution in [0.3, 0.4) is 0 Å². The van der Waals surface area contributed by atoms with E-state index in [4.69, 9.17) is 11.6 Å². The molecule has 3 heteroatoms. The number of halogens is 1. The Balaban J connectivity index is 2.10. The maximum Gasteiger partial charge on any atom is 0.0718 e. The van der Waals surface area contributed by atoms with E-state index in [0.717, 1.165) is 12.2 Å². The molecule has 0 fully saturated rings. The van der Waals surface area contributed by atoms with Crippen LogP contribution in [0, 0.1) is 13.8 Å². The van der Waals surface area contributed by atoms with Crippen LogP contribution in [0.25, 0.3) is 0 Å². The molecule has 1 aromatic heterocycles. The number of hydrogen-bond acceptors (Lipinski definition) is 2. The molecule has 0 radical (unpaired) electrons. The highest BCUT2D eigenvalue weighted by atomic mass is 35.5. The molecule has 0 atom stereocenters. The van der Waals surface area contributed by atoms with E-state index < -0.39 is 0 Å². The first kappa shape index (κ1) is 11.9. The zero-order chi connectivity index (χ0) is 12.3. The van der Waals surface area contributed by atoms with Crippen molar-refractivity contribution >= 4 is 17.3 Å². The molecule has 2 rings (SSSR count). The molecular weight excluding hydrogens is 232 g/mol. The lowest BCUT2D eigenvalue weighted by Gasteiger charge is -2.09. The van der Waals surface area contributed by atoms with E-state index >= 15 is 0 Å². The molecule has 0 bridgehead atoms. The molecule has 0 saturated carbocycles. The molecule has 0 aliphatic heterocycles. The molecule has 0 aliphatic rings. The van der Waals surface area contributed by atoms with Gasteiger partial charge in [-0.2, -0.15) is 0 Å². The fourth-order valence-electron chi connectivity index (χ4n) is 1.88. The van der Waals surface area contributed by atoms with Gasteiger partial charge in [0.05, 0.1) is 16.9 Å². The standard InChI is InChI=1S/C14H15ClN2/c1-10-5-11(2)7-12(6-10)8-17-14-9-16-4-3-13(14)15/h3-7,9,17H,8H2,1-2H3. The third-order valence-electron chi connectivity index (χ3n) is 2.53. The fraction of sp³-hybridized carbons (Fsp3) is 0.214. The van der Waals surface area contributed by atoms with Gasteiger partial charge in [0.1, 0.15) is 0 Å². The Labute approximate surface area is 107 Å². The molecule has 0 unspecified atom stereocenters. The van der Waals surface area contributed by atoms with E-state index in [0.29, 0.717) is 5.02 Å². The van der Waals surface area contributed by atoms with Crippen LogP contribution in [0.4, 0.5) is 5.69 Å². The van der Waals surface area contributed by atoms with Crippen molar-refractivity contribution in [1.29, 1.82) is 0 Å². The smallest absolute Gasteiger partial charge is 0.0718 e. The molecule has 88 valence electrons. The third-order valence-corrected chi connectivity index (χ3v) is 2.86. The second-order valence-corrected chi connectivity index (χ2v) is 4.61. The fourth-order valence-corrected chi connectivity index (χ4v) is 2.05. The van der Waals surface area contributed by atoms with Crippen molar-refractivity contribution < 1.29 is 0 Å². The van der Waals surface area contributed by atoms with Crippen LogP contribution in [0.15, 0.2) is 36.7 Å². The van der Waals surface area contributed by atoms with Crippen LogP contribution in [-0.4, -0.2) is 4.98 Å². The molecule has 0 amide bonds. The molecule has 0 spiro atoms. The monoisotopic (exact) mass is 246 g/mol. The highest BCUT2D eigenvalue weighted by Crippen LogP contribution is 2.20. The van der Waals surface area contributed by atoms with Gasteiger partial charge in [-0.05, 0) is 25.5 Å². The molecule has 1 heterocycles. The van der Waals surface area contributed by atoms with Crippen LogP contribution >= 0.6 is 11.6 Å². The number of aryl methyl sites for hydroxylation is 2. The van der Waals surface area contributed by atoms with Gasteiger partial charge >= 0.3 is 0 Å². The van der Waals surface area contributed by atoms with Crippen molar-refractivity contribution in [3.05, 3.63) is 58.4 Å². The Morgan fingerprint density at radius 3 is 2.53 bits per heavy atom. The zero-order valence-corrected chi connectivity index (χ0v) is 10.8. The average molecular weight is 247 g/mol. The minimum atomic E-state index is 0.698. The van der Waals surface area contributed by atoms with Crippen molar-refractivity contribution in [2.75, 3.05) is 5.32 Å². The molecule has 2 aromatic rings. The number of benzene rings is 1. The summed E-state index contributed by atoms with van der Waals surface area (Å²) in [5, 5.41) is 3.99. The Bertz CT molecular complexity index is 503. The predicted octanol–water partition coefficient (Wildman–Crippen LogP) is 3.96. The Hall–Kier alpha value is -1.54. The van der Waals surface area contributed by atoms with Gasteiger partial charge in [-0.25, -0.2) is 0 Å². The highest BCUT2D eigenvalue weighted by Gasteiger charge is 2.00. The molecule has 17 heavy (non-hydrogen) atoms. The summed E-state index contributed by atoms with van der Waals surface area (Å²) in [6.45, 7) is 4.97. The molecule has 0 saturated heterocycles. The molecule has 1 aromatic carbocycles. The van der Waals surface area contributed by atoms with Crippen LogP contribution in [-0.2, 0) is 6.54 Å². The Kier molecular flexibility index (Phi) is 3.64. The second-order valence-electron chi connectivity index (χ2n) is 4.21. The minimum Gasteiger partial charge on any atom is -0.379 e. The summed E-state index contributed by atoms with van der Waals surface area (Å²) >= 11 is 6.05. The first-order chi connectivity index (χ1) is 8.15. The molecular formula is C14H15ClN2. The average Bonchev–Trinajstić information content (AvgIpc) is 2.27. The van der Waals surface area contributed by atoms with Gasteiger partial charge in [0.25, 0.3) is 0 Å². The van der Waals surface area contributed by atoms with Gasteiger partial charge in [0, 0.05) is 12.7 Å². The summed E-state index contributed by atoms with van der Waals surface area (Å²) in [6.07, 6.45) is 3.43. The van der Waals surface area contributed by atoms with Crippen molar-refractivity contribution in [3.63, 3.8) is 0 Å². The summed E-state index contributed by atoms with van der Waals surface area (Å²) in [4.78, 5) is 4.05. The van der Waals surface area contributed by atoms with E-state index in [-0.39, 0.29) is 0 Å². The summed E-state index contributed by atoms with van der Waals surface area (Å²) in [5.41, 5.74) is 4.67. The minimum absolute atomic E-state index is 0.698. The van der Waals surface area contributed by atoms with E-state index in [9.17, 15) is 0 Å². The van der Waals surface area contributed by atoms with Crippen molar-refractivity contribution in [2.24, 2.45) is 0 Å². The zero-order valence-electron chi connectivity index (χ0n) is 10.00. The predicted molar refractivity (Wildman–Crippen MR) is 72.5 cm³/mol. The number of pyridine rings is 1. The van der Waals surface area contributed by atoms with Crippen LogP contribution in [0.5, 0.6) is 0 Å². The number of hydrogen-bond donors (Lipinski definition) is 1. The van der Waals surface area contributed by atoms with E-state index in [1.165, 1.54) is 16.7 Å². The number of aromatic nitrogens is 1. The molecule has 2 nitrogen and oxygen atoms in total. The van der Waals surface area contributed by atoms with Gasteiger partial charge in [-0.1, -0.05) is 40.9 Å². The van der Waals surface area contributed by atoms with Gasteiger partial charge in [0.2, 0.25) is 0 Å². The number of anilines is 1. The molecule has 1 N–H and O–H groups in total. The number of nitrogens with one attached hydrogen (secondary N) is 1. The first-order valence-electron chi connectivity index (χ1n) is 5.56. The first-order valence-corrected chi connectivity index (χ1v) is 5.93. The maximum absolute atomic E-state index is 6.05. The Morgan fingerprint density at radius 1 is 1.18 bits per heavy atom. The lowest BCUT2D eigenvalue weighted by atomic mass is 10.1.